The molecule has 1 aliphatic heterocycles. The van der Waals surface area contributed by atoms with Gasteiger partial charge in [0.15, 0.2) is 11.4 Å². The second-order valence-corrected chi connectivity index (χ2v) is 14.8. The number of anilines is 1. The third-order valence-electron chi connectivity index (χ3n) is 9.63. The van der Waals surface area contributed by atoms with Gasteiger partial charge in [0.1, 0.15) is 17.1 Å². The van der Waals surface area contributed by atoms with Crippen LogP contribution in [-0.2, 0) is 76.1 Å². The number of hydrogen-bond donors (Lipinski definition) is 1. The summed E-state index contributed by atoms with van der Waals surface area (Å²) in [6, 6.07) is 1.90. The number of imide groups is 1. The number of amides is 3. The van der Waals surface area contributed by atoms with Gasteiger partial charge in [-0.2, -0.15) is 0 Å². The molecule has 3 amide bonds. The van der Waals surface area contributed by atoms with Gasteiger partial charge in [0.2, 0.25) is 0 Å². The van der Waals surface area contributed by atoms with Crippen molar-refractivity contribution in [2.75, 3.05) is 178 Å². The average Bonchev–Trinajstić information content (AvgIpc) is 3.65. The van der Waals surface area contributed by atoms with Crippen molar-refractivity contribution in [2.24, 2.45) is 0 Å². The number of ether oxygens (including phenoxy) is 12. The number of nitrogens with two attached hydrogens (primary N) is 1. The maximum atomic E-state index is 14.5. The van der Waals surface area contributed by atoms with Crippen LogP contribution in [0.5, 0.6) is 0 Å². The van der Waals surface area contributed by atoms with Crippen molar-refractivity contribution in [2.45, 2.75) is 38.5 Å². The minimum Gasteiger partial charge on any atom is -0.419 e. The van der Waals surface area contributed by atoms with Gasteiger partial charge < -0.3 is 76.7 Å². The molecule has 0 unspecified atom stereocenters. The topological polar surface area (TPSA) is 251 Å². The Labute approximate surface area is 399 Å². The molecule has 22 nitrogen and oxygen atoms in total. The van der Waals surface area contributed by atoms with Gasteiger partial charge in [-0.1, -0.05) is 6.42 Å². The van der Waals surface area contributed by atoms with Gasteiger partial charge in [-0.05, 0) is 25.0 Å². The zero-order valence-corrected chi connectivity index (χ0v) is 39.6. The molecular formula is C45H69F2N3O19. The number of benzene rings is 1. The summed E-state index contributed by atoms with van der Waals surface area (Å²) in [5.41, 5.74) is 2.38. The van der Waals surface area contributed by atoms with Crippen molar-refractivity contribution in [1.29, 1.82) is 0 Å². The lowest BCUT2D eigenvalue weighted by molar-refractivity contribution is -0.197. The fourth-order valence-electron chi connectivity index (χ4n) is 6.01. The smallest absolute Gasteiger partial charge is 0.349 e. The van der Waals surface area contributed by atoms with Crippen molar-refractivity contribution in [3.63, 3.8) is 0 Å². The number of methoxy groups -OCH3 is 1. The molecule has 69 heavy (non-hydrogen) atoms. The van der Waals surface area contributed by atoms with E-state index in [2.05, 4.69) is 0 Å². The number of hydroxylamine groups is 2. The molecule has 2 heterocycles. The molecular weight excluding hydrogens is 924 g/mol. The lowest BCUT2D eigenvalue weighted by Crippen LogP contribution is -2.37. The van der Waals surface area contributed by atoms with E-state index in [1.54, 1.807) is 7.11 Å². The fraction of sp³-hybridized carbons (Fsp3) is 0.711. The molecule has 392 valence electrons. The largest absolute Gasteiger partial charge is 0.419 e. The Balaban J connectivity index is 1.15. The first-order valence-corrected chi connectivity index (χ1v) is 23.0. The van der Waals surface area contributed by atoms with E-state index in [0.717, 1.165) is 12.1 Å². The molecule has 0 radical (unpaired) electrons. The molecule has 0 bridgehead atoms. The van der Waals surface area contributed by atoms with Crippen molar-refractivity contribution < 1.29 is 94.1 Å². The first kappa shape index (κ1) is 59.0. The van der Waals surface area contributed by atoms with Gasteiger partial charge in [0, 0.05) is 44.8 Å². The minimum atomic E-state index is -1.26. The number of carbonyl (C=O) groups excluding carboxylic acids is 4. The maximum absolute atomic E-state index is 14.5. The predicted molar refractivity (Wildman–Crippen MR) is 239 cm³/mol. The lowest BCUT2D eigenvalue weighted by Gasteiger charge is -2.22. The number of nitrogens with zero attached hydrogens (tertiary/aromatic N) is 2. The molecule has 0 atom stereocenters. The summed E-state index contributed by atoms with van der Waals surface area (Å²) in [6.07, 6.45) is 0.981. The molecule has 0 spiro atoms. The monoisotopic (exact) mass is 993 g/mol. The summed E-state index contributed by atoms with van der Waals surface area (Å²) in [5.74, 6) is -5.02. The number of carbonyl (C=O) groups is 4. The number of unbranched alkanes of at least 4 members (excludes halogenated alkanes) is 2. The highest BCUT2D eigenvalue weighted by atomic mass is 19.1. The van der Waals surface area contributed by atoms with E-state index in [1.165, 1.54) is 4.90 Å². The fourth-order valence-corrected chi connectivity index (χ4v) is 6.01. The van der Waals surface area contributed by atoms with Crippen LogP contribution in [0.3, 0.4) is 0 Å². The average molecular weight is 994 g/mol. The molecule has 1 fully saturated rings. The lowest BCUT2D eigenvalue weighted by atomic mass is 10.1. The molecule has 1 aromatic heterocycles. The Morgan fingerprint density at radius 1 is 0.580 bits per heavy atom. The van der Waals surface area contributed by atoms with Gasteiger partial charge in [-0.15, -0.1) is 5.06 Å². The van der Waals surface area contributed by atoms with Gasteiger partial charge >= 0.3 is 11.6 Å². The Kier molecular flexibility index (Phi) is 32.1. The normalized spacial score (nSPS) is 12.8. The number of rotatable bonds is 44. The second-order valence-electron chi connectivity index (χ2n) is 14.8. The van der Waals surface area contributed by atoms with E-state index in [1.807, 2.05) is 0 Å². The molecule has 0 aliphatic carbocycles. The van der Waals surface area contributed by atoms with Gasteiger partial charge in [-0.3, -0.25) is 14.4 Å². The van der Waals surface area contributed by atoms with Crippen LogP contribution in [0.4, 0.5) is 14.5 Å². The summed E-state index contributed by atoms with van der Waals surface area (Å²) in [7, 11) is 1.63. The van der Waals surface area contributed by atoms with E-state index in [9.17, 15) is 32.8 Å². The molecule has 1 saturated heterocycles. The van der Waals surface area contributed by atoms with E-state index < -0.39 is 57.8 Å². The highest BCUT2D eigenvalue weighted by Gasteiger charge is 2.32. The number of fused-ring (bicyclic) bond motifs is 1. The zero-order chi connectivity index (χ0) is 49.7. The van der Waals surface area contributed by atoms with Gasteiger partial charge in [-0.25, -0.2) is 18.4 Å². The summed E-state index contributed by atoms with van der Waals surface area (Å²) >= 11 is 0. The van der Waals surface area contributed by atoms with Crippen molar-refractivity contribution in [3.8, 4) is 0 Å². The summed E-state index contributed by atoms with van der Waals surface area (Å²) in [4.78, 5) is 68.1. The van der Waals surface area contributed by atoms with E-state index in [-0.39, 0.29) is 57.6 Å². The van der Waals surface area contributed by atoms with E-state index in [0.29, 0.717) is 156 Å². The molecule has 2 N–H and O–H groups in total. The molecule has 24 heteroatoms. The third-order valence-corrected chi connectivity index (χ3v) is 9.63. The summed E-state index contributed by atoms with van der Waals surface area (Å²) in [6.45, 7) is 9.65. The van der Waals surface area contributed by atoms with Gasteiger partial charge in [0.25, 0.3) is 17.7 Å². The Hall–Kier alpha value is -4.31. The van der Waals surface area contributed by atoms with E-state index in [4.69, 9.17) is 71.8 Å². The van der Waals surface area contributed by atoms with Crippen LogP contribution in [0.25, 0.3) is 11.0 Å². The zero-order valence-electron chi connectivity index (χ0n) is 39.6. The number of nitrogen functional groups attached to an aromatic ring is 1. The molecule has 0 saturated carbocycles. The van der Waals surface area contributed by atoms with Crippen LogP contribution in [0.2, 0.25) is 0 Å². The SMILES string of the molecule is COCCOCCOCCOCCOCCOCCOCCOCCOCCOCCOCCOCCN(CCCCCC(=O)ON1C(=O)CCC1=O)C(=O)c1cc2cc(F)c(N)c(F)c2oc1=O. The first-order chi connectivity index (χ1) is 33.6. The quantitative estimate of drug-likeness (QED) is 0.0432. The predicted octanol–water partition coefficient (Wildman–Crippen LogP) is 2.09. The molecule has 1 aromatic carbocycles. The Morgan fingerprint density at radius 2 is 0.986 bits per heavy atom. The Bertz CT molecular complexity index is 1810. The third kappa shape index (κ3) is 25.4. The summed E-state index contributed by atoms with van der Waals surface area (Å²) in [5, 5.41) is 0.304. The van der Waals surface area contributed by atoms with Crippen LogP contribution >= 0.6 is 0 Å². The highest BCUT2D eigenvalue weighted by molar-refractivity contribution is 6.01. The second kappa shape index (κ2) is 37.5. The molecule has 1 aliphatic rings. The Morgan fingerprint density at radius 3 is 1.41 bits per heavy atom. The number of halogens is 2. The van der Waals surface area contributed by atoms with Crippen molar-refractivity contribution in [1.82, 2.24) is 9.96 Å². The highest BCUT2D eigenvalue weighted by Crippen LogP contribution is 2.25. The maximum Gasteiger partial charge on any atom is 0.349 e. The molecule has 3 rings (SSSR count). The summed E-state index contributed by atoms with van der Waals surface area (Å²) < 4.78 is 98.9. The van der Waals surface area contributed by atoms with E-state index >= 15 is 0 Å². The van der Waals surface area contributed by atoms with Crippen molar-refractivity contribution >= 4 is 40.3 Å². The number of hydrogen-bond acceptors (Lipinski definition) is 20. The molecule has 2 aromatic rings. The van der Waals surface area contributed by atoms with Crippen LogP contribution < -0.4 is 11.4 Å². The van der Waals surface area contributed by atoms with Crippen LogP contribution in [-0.4, -0.2) is 206 Å². The first-order valence-electron chi connectivity index (χ1n) is 23.0. The van der Waals surface area contributed by atoms with Crippen molar-refractivity contribution in [3.05, 3.63) is 39.8 Å². The standard InChI is InChI=1S/C45H69F2N3O19/c1-56-11-12-58-15-16-60-19-20-62-23-24-64-27-28-66-31-32-67-30-29-65-26-25-63-22-21-61-18-17-59-14-13-57-10-9-49(8-4-2-3-5-40(53)69-50-38(51)6-7-39(50)52)44(54)36-33-35-34-37(46)42(48)41(47)43(35)68-45(36)55/h33-34H,2-32,48H2,1H3. The van der Waals surface area contributed by atoms with Crippen LogP contribution in [0.15, 0.2) is 21.3 Å². The van der Waals surface area contributed by atoms with Gasteiger partial charge in [0.05, 0.1) is 152 Å². The minimum absolute atomic E-state index is 0.0222. The van der Waals surface area contributed by atoms with Crippen LogP contribution in [0, 0.1) is 11.6 Å². The van der Waals surface area contributed by atoms with Crippen LogP contribution in [0.1, 0.15) is 48.9 Å².